The van der Waals surface area contributed by atoms with Gasteiger partial charge in [-0.2, -0.15) is 0 Å². The highest BCUT2D eigenvalue weighted by molar-refractivity contribution is 6.06. The second kappa shape index (κ2) is 4.34. The van der Waals surface area contributed by atoms with E-state index in [1.807, 2.05) is 20.8 Å². The van der Waals surface area contributed by atoms with Crippen LogP contribution in [0.15, 0.2) is 0 Å². The molecule has 1 saturated carbocycles. The van der Waals surface area contributed by atoms with E-state index in [9.17, 15) is 9.59 Å². The van der Waals surface area contributed by atoms with Crippen molar-refractivity contribution in [2.45, 2.75) is 58.4 Å². The van der Waals surface area contributed by atoms with Crippen LogP contribution in [-0.2, 0) is 9.59 Å². The Bertz CT molecular complexity index is 372. The molecule has 0 aromatic carbocycles. The molecule has 2 fully saturated rings. The number of hydrogen-bond donors (Lipinski definition) is 1. The predicted octanol–water partition coefficient (Wildman–Crippen LogP) is 1.68. The van der Waals surface area contributed by atoms with Crippen molar-refractivity contribution < 1.29 is 9.59 Å². The molecule has 4 heteroatoms. The lowest BCUT2D eigenvalue weighted by Gasteiger charge is -2.38. The van der Waals surface area contributed by atoms with Crippen LogP contribution in [-0.4, -0.2) is 28.8 Å². The molecule has 0 aromatic heterocycles. The van der Waals surface area contributed by atoms with Crippen molar-refractivity contribution in [1.82, 2.24) is 4.90 Å². The van der Waals surface area contributed by atoms with Crippen LogP contribution in [0.3, 0.4) is 0 Å². The van der Waals surface area contributed by atoms with Crippen molar-refractivity contribution in [2.75, 3.05) is 6.54 Å². The van der Waals surface area contributed by atoms with Gasteiger partial charge in [-0.1, -0.05) is 13.8 Å². The van der Waals surface area contributed by atoms with Crippen molar-refractivity contribution in [3.63, 3.8) is 0 Å². The van der Waals surface area contributed by atoms with Gasteiger partial charge >= 0.3 is 0 Å². The number of carbonyl (C=O) groups is 2. The Hall–Kier alpha value is -0.900. The van der Waals surface area contributed by atoms with Crippen molar-refractivity contribution in [2.24, 2.45) is 17.1 Å². The largest absolute Gasteiger partial charge is 0.328 e. The molecule has 102 valence electrons. The first kappa shape index (κ1) is 13.5. The molecule has 18 heavy (non-hydrogen) atoms. The maximum atomic E-state index is 12.7. The van der Waals surface area contributed by atoms with E-state index >= 15 is 0 Å². The van der Waals surface area contributed by atoms with Gasteiger partial charge in [-0.05, 0) is 38.5 Å². The van der Waals surface area contributed by atoms with Crippen LogP contribution in [0.5, 0.6) is 0 Å². The Labute approximate surface area is 109 Å². The van der Waals surface area contributed by atoms with Gasteiger partial charge < -0.3 is 5.73 Å². The van der Waals surface area contributed by atoms with E-state index in [4.69, 9.17) is 5.73 Å². The van der Waals surface area contributed by atoms with Gasteiger partial charge in [-0.3, -0.25) is 14.5 Å². The Morgan fingerprint density at radius 2 is 1.89 bits per heavy atom. The van der Waals surface area contributed by atoms with Crippen LogP contribution in [0.1, 0.15) is 52.9 Å². The fraction of sp³-hybridized carbons (Fsp3) is 0.857. The SMILES string of the molecule is CCC1(CC)CC(=O)N(C(C)(CN)C2CC2)C1=O. The van der Waals surface area contributed by atoms with Gasteiger partial charge in [-0.25, -0.2) is 0 Å². The smallest absolute Gasteiger partial charge is 0.236 e. The van der Waals surface area contributed by atoms with Gasteiger partial charge in [0.25, 0.3) is 0 Å². The molecule has 1 aliphatic heterocycles. The van der Waals surface area contributed by atoms with E-state index in [1.165, 1.54) is 4.90 Å². The summed E-state index contributed by atoms with van der Waals surface area (Å²) in [6.45, 7) is 6.34. The average molecular weight is 252 g/mol. The molecular formula is C14H24N2O2. The highest BCUT2D eigenvalue weighted by Gasteiger charge is 2.58. The predicted molar refractivity (Wildman–Crippen MR) is 69.7 cm³/mol. The second-order valence-corrected chi connectivity index (χ2v) is 6.03. The number of nitrogens with two attached hydrogens (primary N) is 1. The van der Waals surface area contributed by atoms with E-state index in [-0.39, 0.29) is 11.8 Å². The minimum atomic E-state index is -0.470. The zero-order valence-corrected chi connectivity index (χ0v) is 11.7. The molecular weight excluding hydrogens is 228 g/mol. The minimum Gasteiger partial charge on any atom is -0.328 e. The van der Waals surface area contributed by atoms with E-state index in [2.05, 4.69) is 0 Å². The van der Waals surface area contributed by atoms with Crippen molar-refractivity contribution in [3.8, 4) is 0 Å². The summed E-state index contributed by atoms with van der Waals surface area (Å²) in [6.07, 6.45) is 3.99. The number of likely N-dealkylation sites (tertiary alicyclic amines) is 1. The van der Waals surface area contributed by atoms with Gasteiger partial charge in [0.1, 0.15) is 0 Å². The minimum absolute atomic E-state index is 0.0114. The molecule has 1 atom stereocenters. The van der Waals surface area contributed by atoms with Crippen LogP contribution >= 0.6 is 0 Å². The van der Waals surface area contributed by atoms with Gasteiger partial charge in [0, 0.05) is 13.0 Å². The summed E-state index contributed by atoms with van der Waals surface area (Å²) in [4.78, 5) is 26.5. The van der Waals surface area contributed by atoms with E-state index in [0.717, 1.165) is 25.7 Å². The lowest BCUT2D eigenvalue weighted by atomic mass is 9.80. The number of rotatable bonds is 5. The number of amides is 2. The molecule has 1 aliphatic carbocycles. The Morgan fingerprint density at radius 3 is 2.22 bits per heavy atom. The standard InChI is InChI=1S/C14H24N2O2/c1-4-14(5-2)8-11(17)16(12(14)18)13(3,9-15)10-6-7-10/h10H,4-9,15H2,1-3H3. The number of hydrogen-bond acceptors (Lipinski definition) is 3. The van der Waals surface area contributed by atoms with Crippen LogP contribution in [0.4, 0.5) is 0 Å². The Morgan fingerprint density at radius 1 is 1.33 bits per heavy atom. The lowest BCUT2D eigenvalue weighted by Crippen LogP contribution is -2.56. The molecule has 0 spiro atoms. The van der Waals surface area contributed by atoms with Gasteiger partial charge in [-0.15, -0.1) is 0 Å². The van der Waals surface area contributed by atoms with Crippen LogP contribution in [0, 0.1) is 11.3 Å². The fourth-order valence-electron chi connectivity index (χ4n) is 3.26. The summed E-state index contributed by atoms with van der Waals surface area (Å²) < 4.78 is 0. The normalized spacial score (nSPS) is 26.6. The first-order valence-electron chi connectivity index (χ1n) is 7.02. The van der Waals surface area contributed by atoms with Crippen LogP contribution in [0.2, 0.25) is 0 Å². The number of carbonyl (C=O) groups excluding carboxylic acids is 2. The quantitative estimate of drug-likeness (QED) is 0.757. The highest BCUT2D eigenvalue weighted by Crippen LogP contribution is 2.48. The summed E-state index contributed by atoms with van der Waals surface area (Å²) in [5.41, 5.74) is 4.95. The molecule has 2 rings (SSSR count). The molecule has 0 aromatic rings. The molecule has 2 N–H and O–H groups in total. The summed E-state index contributed by atoms with van der Waals surface area (Å²) in [7, 11) is 0. The third-order valence-corrected chi connectivity index (χ3v) is 5.13. The van der Waals surface area contributed by atoms with Crippen LogP contribution < -0.4 is 5.73 Å². The Kier molecular flexibility index (Phi) is 3.26. The molecule has 1 heterocycles. The molecule has 4 nitrogen and oxygen atoms in total. The molecule has 0 radical (unpaired) electrons. The molecule has 1 saturated heterocycles. The number of imide groups is 1. The highest BCUT2D eigenvalue weighted by atomic mass is 16.2. The molecule has 0 bridgehead atoms. The molecule has 2 aliphatic rings. The number of nitrogens with zero attached hydrogens (tertiary/aromatic N) is 1. The Balaban J connectivity index is 2.34. The van der Waals surface area contributed by atoms with E-state index in [0.29, 0.717) is 18.9 Å². The van der Waals surface area contributed by atoms with E-state index < -0.39 is 11.0 Å². The molecule has 2 amide bonds. The van der Waals surface area contributed by atoms with Crippen molar-refractivity contribution in [3.05, 3.63) is 0 Å². The van der Waals surface area contributed by atoms with Gasteiger partial charge in [0.05, 0.1) is 11.0 Å². The summed E-state index contributed by atoms with van der Waals surface area (Å²) in [5, 5.41) is 0. The zero-order chi connectivity index (χ0) is 13.6. The van der Waals surface area contributed by atoms with Crippen LogP contribution in [0.25, 0.3) is 0 Å². The topological polar surface area (TPSA) is 63.4 Å². The van der Waals surface area contributed by atoms with Gasteiger partial charge in [0.2, 0.25) is 11.8 Å². The average Bonchev–Trinajstić information content (AvgIpc) is 3.17. The third-order valence-electron chi connectivity index (χ3n) is 5.13. The lowest BCUT2D eigenvalue weighted by molar-refractivity contribution is -0.148. The maximum Gasteiger partial charge on any atom is 0.236 e. The summed E-state index contributed by atoms with van der Waals surface area (Å²) in [5.74, 6) is 0.390. The van der Waals surface area contributed by atoms with Crippen molar-refractivity contribution in [1.29, 1.82) is 0 Å². The zero-order valence-electron chi connectivity index (χ0n) is 11.7. The third kappa shape index (κ3) is 1.69. The summed E-state index contributed by atoms with van der Waals surface area (Å²) in [6, 6.07) is 0. The molecule has 1 unspecified atom stereocenters. The second-order valence-electron chi connectivity index (χ2n) is 6.03. The maximum absolute atomic E-state index is 12.7. The summed E-state index contributed by atoms with van der Waals surface area (Å²) >= 11 is 0. The van der Waals surface area contributed by atoms with Gasteiger partial charge in [0.15, 0.2) is 0 Å². The fourth-order valence-corrected chi connectivity index (χ4v) is 3.26. The first-order chi connectivity index (χ1) is 8.45. The first-order valence-corrected chi connectivity index (χ1v) is 7.02. The monoisotopic (exact) mass is 252 g/mol. The van der Waals surface area contributed by atoms with Crippen molar-refractivity contribution >= 4 is 11.8 Å². The van der Waals surface area contributed by atoms with E-state index in [1.54, 1.807) is 0 Å².